The summed E-state index contributed by atoms with van der Waals surface area (Å²) in [6, 6.07) is 23.7. The third-order valence-electron chi connectivity index (χ3n) is 5.32. The van der Waals surface area contributed by atoms with Crippen LogP contribution in [0.5, 0.6) is 17.2 Å². The van der Waals surface area contributed by atoms with E-state index in [0.717, 1.165) is 41.4 Å². The Morgan fingerprint density at radius 3 is 2.62 bits per heavy atom. The second-order valence-corrected chi connectivity index (χ2v) is 7.49. The summed E-state index contributed by atoms with van der Waals surface area (Å²) in [5, 5.41) is 0. The van der Waals surface area contributed by atoms with Gasteiger partial charge < -0.3 is 23.8 Å². The maximum atomic E-state index is 11.6. The molecule has 1 heterocycles. The number of hydrogen-bond donors (Lipinski definition) is 0. The van der Waals surface area contributed by atoms with Crippen LogP contribution in [0, 0.1) is 0 Å². The molecule has 6 heteroatoms. The minimum Gasteiger partial charge on any atom is -0.492 e. The lowest BCUT2D eigenvalue weighted by atomic mass is 10.1. The van der Waals surface area contributed by atoms with E-state index in [9.17, 15) is 4.79 Å². The quantitative estimate of drug-likeness (QED) is 0.485. The van der Waals surface area contributed by atoms with Gasteiger partial charge in [0.25, 0.3) is 0 Å². The van der Waals surface area contributed by atoms with Crippen molar-refractivity contribution in [2.45, 2.75) is 13.0 Å². The molecule has 0 radical (unpaired) electrons. The van der Waals surface area contributed by atoms with E-state index in [4.69, 9.17) is 18.9 Å². The number of anilines is 1. The van der Waals surface area contributed by atoms with Gasteiger partial charge in [0.1, 0.15) is 30.5 Å². The van der Waals surface area contributed by atoms with Gasteiger partial charge in [0, 0.05) is 0 Å². The predicted octanol–water partition coefficient (Wildman–Crippen LogP) is 4.57. The fraction of sp³-hybridized carbons (Fsp3) is 0.269. The van der Waals surface area contributed by atoms with Crippen LogP contribution in [0.1, 0.15) is 6.92 Å². The Balaban J connectivity index is 1.34. The third-order valence-corrected chi connectivity index (χ3v) is 5.32. The van der Waals surface area contributed by atoms with Crippen LogP contribution in [0.15, 0.2) is 72.8 Å². The Bertz CT molecular complexity index is 1050. The van der Waals surface area contributed by atoms with Crippen molar-refractivity contribution in [3.8, 4) is 28.4 Å². The normalized spacial score (nSPS) is 13.5. The summed E-state index contributed by atoms with van der Waals surface area (Å²) in [5.41, 5.74) is 3.15. The molecule has 32 heavy (non-hydrogen) atoms. The Hall–Kier alpha value is -3.67. The molecule has 166 valence electrons. The summed E-state index contributed by atoms with van der Waals surface area (Å²) in [4.78, 5) is 13.9. The first-order chi connectivity index (χ1) is 15.6. The van der Waals surface area contributed by atoms with E-state index in [1.807, 2.05) is 66.7 Å². The lowest BCUT2D eigenvalue weighted by Gasteiger charge is -2.31. The van der Waals surface area contributed by atoms with Gasteiger partial charge in [0.05, 0.1) is 25.9 Å². The molecule has 0 aromatic heterocycles. The van der Waals surface area contributed by atoms with Crippen molar-refractivity contribution >= 4 is 11.7 Å². The monoisotopic (exact) mass is 433 g/mol. The molecular formula is C26H27NO5. The molecule has 0 saturated carbocycles. The summed E-state index contributed by atoms with van der Waals surface area (Å²) in [5.74, 6) is 1.96. The smallest absolute Gasteiger partial charge is 0.346 e. The van der Waals surface area contributed by atoms with Gasteiger partial charge in [-0.15, -0.1) is 0 Å². The van der Waals surface area contributed by atoms with E-state index in [0.29, 0.717) is 19.0 Å². The maximum absolute atomic E-state index is 11.6. The van der Waals surface area contributed by atoms with Gasteiger partial charge in [0.15, 0.2) is 6.10 Å². The minimum absolute atomic E-state index is 0.405. The van der Waals surface area contributed by atoms with Crippen LogP contribution >= 0.6 is 0 Å². The van der Waals surface area contributed by atoms with E-state index in [1.54, 1.807) is 6.92 Å². The predicted molar refractivity (Wildman–Crippen MR) is 124 cm³/mol. The van der Waals surface area contributed by atoms with Gasteiger partial charge in [-0.25, -0.2) is 4.79 Å². The molecule has 3 aromatic carbocycles. The molecule has 0 aliphatic carbocycles. The van der Waals surface area contributed by atoms with E-state index in [1.165, 1.54) is 7.11 Å². The summed E-state index contributed by atoms with van der Waals surface area (Å²) < 4.78 is 22.1. The number of esters is 1. The molecule has 1 aliphatic heterocycles. The van der Waals surface area contributed by atoms with Crippen molar-refractivity contribution in [3.05, 3.63) is 72.8 Å². The molecule has 0 N–H and O–H groups in total. The molecule has 1 atom stereocenters. The van der Waals surface area contributed by atoms with E-state index in [2.05, 4.69) is 11.0 Å². The maximum Gasteiger partial charge on any atom is 0.346 e. The Kier molecular flexibility index (Phi) is 6.80. The largest absolute Gasteiger partial charge is 0.492 e. The zero-order chi connectivity index (χ0) is 22.3. The molecular weight excluding hydrogens is 406 g/mol. The SMILES string of the molecule is COC(=O)C(C)Oc1cccc(-c2ccc(OCCN3CCOc4ccccc43)cc2)c1. The molecule has 1 aliphatic rings. The second kappa shape index (κ2) is 10.1. The van der Waals surface area contributed by atoms with E-state index in [-0.39, 0.29) is 0 Å². The number of ether oxygens (including phenoxy) is 4. The number of carbonyl (C=O) groups is 1. The van der Waals surface area contributed by atoms with Gasteiger partial charge >= 0.3 is 5.97 Å². The first kappa shape index (κ1) is 21.6. The molecule has 0 saturated heterocycles. The Morgan fingerprint density at radius 2 is 1.81 bits per heavy atom. The lowest BCUT2D eigenvalue weighted by molar-refractivity contribution is -0.147. The number of fused-ring (bicyclic) bond motifs is 1. The molecule has 0 bridgehead atoms. The van der Waals surface area contributed by atoms with Crippen LogP contribution in [0.25, 0.3) is 11.1 Å². The fourth-order valence-corrected chi connectivity index (χ4v) is 3.64. The summed E-state index contributed by atoms with van der Waals surface area (Å²) in [7, 11) is 1.35. The highest BCUT2D eigenvalue weighted by atomic mass is 16.6. The van der Waals surface area contributed by atoms with E-state index < -0.39 is 12.1 Å². The third kappa shape index (κ3) is 5.14. The second-order valence-electron chi connectivity index (χ2n) is 7.49. The van der Waals surface area contributed by atoms with Crippen molar-refractivity contribution in [3.63, 3.8) is 0 Å². The zero-order valence-electron chi connectivity index (χ0n) is 18.3. The molecule has 4 rings (SSSR count). The number of carbonyl (C=O) groups excluding carboxylic acids is 1. The first-order valence-electron chi connectivity index (χ1n) is 10.7. The van der Waals surface area contributed by atoms with E-state index >= 15 is 0 Å². The average molecular weight is 434 g/mol. The highest BCUT2D eigenvalue weighted by molar-refractivity contribution is 5.74. The summed E-state index contributed by atoms with van der Waals surface area (Å²) >= 11 is 0. The fourth-order valence-electron chi connectivity index (χ4n) is 3.64. The van der Waals surface area contributed by atoms with Crippen LogP contribution < -0.4 is 19.1 Å². The lowest BCUT2D eigenvalue weighted by Crippen LogP contribution is -2.35. The van der Waals surface area contributed by atoms with Crippen LogP contribution in [-0.4, -0.2) is 45.5 Å². The zero-order valence-corrected chi connectivity index (χ0v) is 18.3. The van der Waals surface area contributed by atoms with Gasteiger partial charge in [0.2, 0.25) is 0 Å². The first-order valence-corrected chi connectivity index (χ1v) is 10.7. The number of nitrogens with zero attached hydrogens (tertiary/aromatic N) is 1. The molecule has 6 nitrogen and oxygen atoms in total. The van der Waals surface area contributed by atoms with Crippen LogP contribution in [0.3, 0.4) is 0 Å². The van der Waals surface area contributed by atoms with Crippen LogP contribution in [-0.2, 0) is 9.53 Å². The van der Waals surface area contributed by atoms with Crippen LogP contribution in [0.2, 0.25) is 0 Å². The molecule has 0 fully saturated rings. The van der Waals surface area contributed by atoms with Gasteiger partial charge in [-0.3, -0.25) is 0 Å². The Labute approximate surface area is 188 Å². The van der Waals surface area contributed by atoms with Gasteiger partial charge in [-0.1, -0.05) is 36.4 Å². The summed E-state index contributed by atoms with van der Waals surface area (Å²) in [6.07, 6.45) is -0.663. The van der Waals surface area contributed by atoms with Gasteiger partial charge in [-0.2, -0.15) is 0 Å². The number of rotatable bonds is 8. The van der Waals surface area contributed by atoms with Crippen molar-refractivity contribution in [1.29, 1.82) is 0 Å². The van der Waals surface area contributed by atoms with Crippen molar-refractivity contribution < 1.29 is 23.7 Å². The topological polar surface area (TPSA) is 57.2 Å². The number of para-hydroxylation sites is 2. The van der Waals surface area contributed by atoms with Crippen molar-refractivity contribution in [2.24, 2.45) is 0 Å². The number of hydrogen-bond acceptors (Lipinski definition) is 6. The number of methoxy groups -OCH3 is 1. The van der Waals surface area contributed by atoms with Gasteiger partial charge in [-0.05, 0) is 54.4 Å². The minimum atomic E-state index is -0.663. The molecule has 0 amide bonds. The number of benzene rings is 3. The van der Waals surface area contributed by atoms with Crippen molar-refractivity contribution in [1.82, 2.24) is 0 Å². The highest BCUT2D eigenvalue weighted by Crippen LogP contribution is 2.31. The molecule has 0 spiro atoms. The Morgan fingerprint density at radius 1 is 1.00 bits per heavy atom. The molecule has 3 aromatic rings. The standard InChI is InChI=1S/C26H27NO5/c1-19(26(28)29-2)32-23-7-5-6-21(18-23)20-10-12-22(13-11-20)30-16-14-27-15-17-31-25-9-4-3-8-24(25)27/h3-13,18-19H,14-17H2,1-2H3. The average Bonchev–Trinajstić information content (AvgIpc) is 2.84. The molecule has 1 unspecified atom stereocenters. The van der Waals surface area contributed by atoms with Crippen molar-refractivity contribution in [2.75, 3.05) is 38.3 Å². The highest BCUT2D eigenvalue weighted by Gasteiger charge is 2.17. The summed E-state index contributed by atoms with van der Waals surface area (Å²) in [6.45, 7) is 4.58. The van der Waals surface area contributed by atoms with Crippen LogP contribution in [0.4, 0.5) is 5.69 Å².